The summed E-state index contributed by atoms with van der Waals surface area (Å²) in [6, 6.07) is 6.41. The summed E-state index contributed by atoms with van der Waals surface area (Å²) < 4.78 is 18.6. The molecule has 0 aliphatic carbocycles. The lowest BCUT2D eigenvalue weighted by Crippen LogP contribution is -2.38. The van der Waals surface area contributed by atoms with Gasteiger partial charge in [0, 0.05) is 16.6 Å². The third kappa shape index (κ3) is 3.10. The summed E-state index contributed by atoms with van der Waals surface area (Å²) >= 11 is 5.99. The first kappa shape index (κ1) is 13.1. The molecule has 1 atom stereocenters. The van der Waals surface area contributed by atoms with Gasteiger partial charge in [-0.1, -0.05) is 17.7 Å². The normalized spacial score (nSPS) is 12.6. The van der Waals surface area contributed by atoms with Gasteiger partial charge in [0.25, 0.3) is 0 Å². The molecular weight excluding hydrogens is 255 g/mol. The van der Waals surface area contributed by atoms with Crippen LogP contribution < -0.4 is 11.3 Å². The number of rotatable bonds is 5. The second kappa shape index (κ2) is 6.00. The van der Waals surface area contributed by atoms with Gasteiger partial charge in [-0.3, -0.25) is 11.3 Å². The highest BCUT2D eigenvalue weighted by molar-refractivity contribution is 6.31. The first-order chi connectivity index (χ1) is 8.70. The van der Waals surface area contributed by atoms with E-state index >= 15 is 0 Å². The number of furan rings is 1. The zero-order valence-electron chi connectivity index (χ0n) is 9.70. The monoisotopic (exact) mass is 268 g/mol. The molecule has 96 valence electrons. The van der Waals surface area contributed by atoms with E-state index in [2.05, 4.69) is 5.43 Å². The Hall–Kier alpha value is -1.36. The van der Waals surface area contributed by atoms with Gasteiger partial charge in [0.05, 0.1) is 12.5 Å². The van der Waals surface area contributed by atoms with Gasteiger partial charge in [0.2, 0.25) is 0 Å². The fourth-order valence-electron chi connectivity index (χ4n) is 1.86. The Labute approximate surface area is 110 Å². The quantitative estimate of drug-likeness (QED) is 0.648. The Morgan fingerprint density at radius 1 is 1.33 bits per heavy atom. The van der Waals surface area contributed by atoms with Crippen molar-refractivity contribution >= 4 is 11.6 Å². The fraction of sp³-hybridized carbons (Fsp3) is 0.231. The Bertz CT molecular complexity index is 481. The molecule has 0 saturated heterocycles. The molecule has 1 heterocycles. The van der Waals surface area contributed by atoms with Crippen molar-refractivity contribution in [3.05, 3.63) is 58.8 Å². The Morgan fingerprint density at radius 3 is 2.78 bits per heavy atom. The van der Waals surface area contributed by atoms with Crippen molar-refractivity contribution < 1.29 is 8.81 Å². The molecule has 2 rings (SSSR count). The van der Waals surface area contributed by atoms with Crippen LogP contribution in [0.3, 0.4) is 0 Å². The minimum absolute atomic E-state index is 0.100. The molecule has 5 heteroatoms. The molecule has 3 nitrogen and oxygen atoms in total. The van der Waals surface area contributed by atoms with Crippen molar-refractivity contribution in [1.29, 1.82) is 0 Å². The van der Waals surface area contributed by atoms with Crippen LogP contribution in [0.4, 0.5) is 4.39 Å². The van der Waals surface area contributed by atoms with Gasteiger partial charge in [0.1, 0.15) is 5.82 Å². The summed E-state index contributed by atoms with van der Waals surface area (Å²) in [5, 5.41) is 0.419. The van der Waals surface area contributed by atoms with E-state index in [1.807, 2.05) is 6.07 Å². The van der Waals surface area contributed by atoms with Crippen molar-refractivity contribution in [2.45, 2.75) is 18.9 Å². The van der Waals surface area contributed by atoms with Crippen LogP contribution in [-0.2, 0) is 12.8 Å². The lowest BCUT2D eigenvalue weighted by Gasteiger charge is -2.16. The van der Waals surface area contributed by atoms with Gasteiger partial charge < -0.3 is 4.42 Å². The molecule has 1 aromatic carbocycles. The predicted molar refractivity (Wildman–Crippen MR) is 68.6 cm³/mol. The summed E-state index contributed by atoms with van der Waals surface area (Å²) in [6.45, 7) is 0. The van der Waals surface area contributed by atoms with Crippen LogP contribution in [0.25, 0.3) is 0 Å². The molecule has 0 aliphatic rings. The second-order valence-electron chi connectivity index (χ2n) is 4.10. The zero-order chi connectivity index (χ0) is 13.0. The minimum atomic E-state index is -0.310. The lowest BCUT2D eigenvalue weighted by molar-refractivity contribution is 0.501. The van der Waals surface area contributed by atoms with E-state index in [9.17, 15) is 4.39 Å². The van der Waals surface area contributed by atoms with E-state index < -0.39 is 0 Å². The van der Waals surface area contributed by atoms with Crippen LogP contribution in [0.15, 0.2) is 41.2 Å². The molecule has 0 spiro atoms. The second-order valence-corrected chi connectivity index (χ2v) is 4.51. The van der Waals surface area contributed by atoms with Crippen LogP contribution in [-0.4, -0.2) is 6.04 Å². The Kier molecular flexibility index (Phi) is 4.36. The average molecular weight is 269 g/mol. The number of hydrogen-bond acceptors (Lipinski definition) is 3. The first-order valence-corrected chi connectivity index (χ1v) is 5.98. The number of nitrogens with one attached hydrogen (secondary N) is 1. The molecule has 1 unspecified atom stereocenters. The van der Waals surface area contributed by atoms with Crippen LogP contribution >= 0.6 is 11.6 Å². The maximum absolute atomic E-state index is 13.7. The summed E-state index contributed by atoms with van der Waals surface area (Å²) in [5.74, 6) is 5.18. The van der Waals surface area contributed by atoms with Crippen LogP contribution in [0.5, 0.6) is 0 Å². The van der Waals surface area contributed by atoms with Gasteiger partial charge in [-0.25, -0.2) is 4.39 Å². The van der Waals surface area contributed by atoms with Gasteiger partial charge >= 0.3 is 0 Å². The van der Waals surface area contributed by atoms with Crippen molar-refractivity contribution in [3.8, 4) is 0 Å². The van der Waals surface area contributed by atoms with Crippen LogP contribution in [0.1, 0.15) is 11.1 Å². The molecule has 0 amide bonds. The maximum atomic E-state index is 13.7. The third-order valence-electron chi connectivity index (χ3n) is 2.81. The van der Waals surface area contributed by atoms with E-state index in [-0.39, 0.29) is 11.9 Å². The Morgan fingerprint density at radius 2 is 2.17 bits per heavy atom. The number of benzene rings is 1. The van der Waals surface area contributed by atoms with E-state index in [1.54, 1.807) is 24.7 Å². The van der Waals surface area contributed by atoms with E-state index in [4.69, 9.17) is 21.9 Å². The molecular formula is C13H14ClFN2O. The Balaban J connectivity index is 2.10. The summed E-state index contributed by atoms with van der Waals surface area (Å²) in [4.78, 5) is 0. The number of nitrogens with two attached hydrogens (primary N) is 1. The molecule has 0 saturated carbocycles. The van der Waals surface area contributed by atoms with E-state index in [0.717, 1.165) is 5.56 Å². The summed E-state index contributed by atoms with van der Waals surface area (Å²) in [6.07, 6.45) is 4.32. The van der Waals surface area contributed by atoms with Gasteiger partial charge in [0.15, 0.2) is 0 Å². The first-order valence-electron chi connectivity index (χ1n) is 5.61. The van der Waals surface area contributed by atoms with Crippen molar-refractivity contribution in [2.75, 3.05) is 0 Å². The van der Waals surface area contributed by atoms with E-state index in [1.165, 1.54) is 6.07 Å². The standard InChI is InChI=1S/C13H14ClFN2O/c14-12-2-1-3-13(15)11(12)7-10(17-16)6-9-4-5-18-8-9/h1-5,8,10,17H,6-7,16H2. The summed E-state index contributed by atoms with van der Waals surface area (Å²) in [5.41, 5.74) is 4.16. The summed E-state index contributed by atoms with van der Waals surface area (Å²) in [7, 11) is 0. The molecule has 0 radical (unpaired) electrons. The molecule has 1 aromatic heterocycles. The predicted octanol–water partition coefficient (Wildman–Crippen LogP) is 2.69. The smallest absolute Gasteiger partial charge is 0.127 e. The SMILES string of the molecule is NNC(Cc1ccoc1)Cc1c(F)cccc1Cl. The lowest BCUT2D eigenvalue weighted by atomic mass is 10.0. The average Bonchev–Trinajstić information content (AvgIpc) is 2.85. The third-order valence-corrected chi connectivity index (χ3v) is 3.16. The topological polar surface area (TPSA) is 51.2 Å². The highest BCUT2D eigenvalue weighted by atomic mass is 35.5. The highest BCUT2D eigenvalue weighted by Crippen LogP contribution is 2.21. The molecule has 0 aliphatic heterocycles. The van der Waals surface area contributed by atoms with Crippen LogP contribution in [0.2, 0.25) is 5.02 Å². The zero-order valence-corrected chi connectivity index (χ0v) is 10.5. The maximum Gasteiger partial charge on any atom is 0.127 e. The van der Waals surface area contributed by atoms with Gasteiger partial charge in [-0.2, -0.15) is 0 Å². The van der Waals surface area contributed by atoms with Crippen molar-refractivity contribution in [3.63, 3.8) is 0 Å². The molecule has 18 heavy (non-hydrogen) atoms. The number of hydrazine groups is 1. The number of hydrogen-bond donors (Lipinski definition) is 2. The number of halogens is 2. The molecule has 2 aromatic rings. The minimum Gasteiger partial charge on any atom is -0.472 e. The van der Waals surface area contributed by atoms with Gasteiger partial charge in [-0.05, 0) is 36.6 Å². The molecule has 3 N–H and O–H groups in total. The van der Waals surface area contributed by atoms with Crippen molar-refractivity contribution in [1.82, 2.24) is 5.43 Å². The van der Waals surface area contributed by atoms with Crippen LogP contribution in [0, 0.1) is 5.82 Å². The molecule has 0 fully saturated rings. The van der Waals surface area contributed by atoms with Crippen molar-refractivity contribution in [2.24, 2.45) is 5.84 Å². The van der Waals surface area contributed by atoms with E-state index in [0.29, 0.717) is 23.4 Å². The van der Waals surface area contributed by atoms with Gasteiger partial charge in [-0.15, -0.1) is 0 Å². The molecule has 0 bridgehead atoms. The fourth-order valence-corrected chi connectivity index (χ4v) is 2.10. The highest BCUT2D eigenvalue weighted by Gasteiger charge is 2.14. The largest absolute Gasteiger partial charge is 0.472 e.